The van der Waals surface area contributed by atoms with Gasteiger partial charge in [-0.2, -0.15) is 0 Å². The van der Waals surface area contributed by atoms with Crippen molar-refractivity contribution in [1.82, 2.24) is 0 Å². The minimum atomic E-state index is -0.983. The number of amides is 1. The van der Waals surface area contributed by atoms with E-state index in [0.29, 0.717) is 5.56 Å². The number of aromatic carboxylic acids is 1. The van der Waals surface area contributed by atoms with E-state index in [1.54, 1.807) is 23.1 Å². The van der Waals surface area contributed by atoms with E-state index in [-0.39, 0.29) is 18.0 Å². The number of hydrogen-bond acceptors (Lipinski definition) is 3. The highest BCUT2D eigenvalue weighted by atomic mass is 16.4. The van der Waals surface area contributed by atoms with Gasteiger partial charge in [-0.05, 0) is 66.4 Å². The average molecular weight is 417 g/mol. The van der Waals surface area contributed by atoms with Crippen LogP contribution >= 0.6 is 0 Å². The van der Waals surface area contributed by atoms with Crippen molar-refractivity contribution >= 4 is 23.3 Å². The van der Waals surface area contributed by atoms with E-state index >= 15 is 0 Å². The Balaban J connectivity index is 2.06. The van der Waals surface area contributed by atoms with Crippen LogP contribution in [-0.4, -0.2) is 31.1 Å². The van der Waals surface area contributed by atoms with Crippen LogP contribution in [0.2, 0.25) is 0 Å². The highest BCUT2D eigenvalue weighted by molar-refractivity contribution is 6.06. The fourth-order valence-electron chi connectivity index (χ4n) is 3.77. The third-order valence-electron chi connectivity index (χ3n) is 5.35. The van der Waals surface area contributed by atoms with Gasteiger partial charge in [0.05, 0.1) is 12.1 Å². The lowest BCUT2D eigenvalue weighted by atomic mass is 10.0. The van der Waals surface area contributed by atoms with Crippen molar-refractivity contribution in [2.24, 2.45) is 0 Å². The summed E-state index contributed by atoms with van der Waals surface area (Å²) in [7, 11) is 3.95. The Hall–Kier alpha value is -3.60. The molecule has 160 valence electrons. The maximum Gasteiger partial charge on any atom is 0.335 e. The molecule has 0 fully saturated rings. The second-order valence-corrected chi connectivity index (χ2v) is 7.77. The molecule has 0 saturated carbocycles. The van der Waals surface area contributed by atoms with E-state index in [2.05, 4.69) is 6.92 Å². The summed E-state index contributed by atoms with van der Waals surface area (Å²) in [6, 6.07) is 20.3. The van der Waals surface area contributed by atoms with E-state index < -0.39 is 5.97 Å². The van der Waals surface area contributed by atoms with Crippen molar-refractivity contribution in [2.45, 2.75) is 26.8 Å². The van der Waals surface area contributed by atoms with Gasteiger partial charge in [0.25, 0.3) is 5.91 Å². The maximum absolute atomic E-state index is 13.7. The Labute approximate surface area is 183 Å². The highest BCUT2D eigenvalue weighted by Crippen LogP contribution is 2.27. The molecule has 31 heavy (non-hydrogen) atoms. The fraction of sp³-hybridized carbons (Fsp3) is 0.231. The van der Waals surface area contributed by atoms with Crippen LogP contribution in [-0.2, 0) is 13.0 Å². The van der Waals surface area contributed by atoms with E-state index in [1.165, 1.54) is 0 Å². The fourth-order valence-corrected chi connectivity index (χ4v) is 3.77. The number of para-hydroxylation sites is 1. The SMILES string of the molecule is CCc1ccccc1N(Cc1cccc(C(=O)O)c1)C(=O)c1ccc(N(C)C)c(C)c1. The molecule has 3 rings (SSSR count). The normalized spacial score (nSPS) is 10.6. The molecular weight excluding hydrogens is 388 g/mol. The molecule has 0 aliphatic heterocycles. The number of carboxylic acids is 1. The van der Waals surface area contributed by atoms with Crippen molar-refractivity contribution in [2.75, 3.05) is 23.9 Å². The van der Waals surface area contributed by atoms with Crippen LogP contribution in [0.25, 0.3) is 0 Å². The molecule has 1 amide bonds. The lowest BCUT2D eigenvalue weighted by molar-refractivity contribution is 0.0696. The number of aryl methyl sites for hydroxylation is 2. The van der Waals surface area contributed by atoms with Crippen molar-refractivity contribution < 1.29 is 14.7 Å². The van der Waals surface area contributed by atoms with Crippen LogP contribution < -0.4 is 9.80 Å². The summed E-state index contributed by atoms with van der Waals surface area (Å²) in [5.41, 5.74) is 5.56. The molecule has 0 atom stereocenters. The second-order valence-electron chi connectivity index (χ2n) is 7.77. The number of nitrogens with zero attached hydrogens (tertiary/aromatic N) is 2. The van der Waals surface area contributed by atoms with Gasteiger partial charge in [0.1, 0.15) is 0 Å². The first-order valence-electron chi connectivity index (χ1n) is 10.3. The molecule has 1 N–H and O–H groups in total. The topological polar surface area (TPSA) is 60.9 Å². The molecule has 3 aromatic carbocycles. The van der Waals surface area contributed by atoms with Crippen LogP contribution in [0.5, 0.6) is 0 Å². The number of benzene rings is 3. The predicted molar refractivity (Wildman–Crippen MR) is 125 cm³/mol. The standard InChI is InChI=1S/C26H28N2O3/c1-5-20-10-6-7-12-24(20)28(17-19-9-8-11-22(16-19)26(30)31)25(29)21-13-14-23(27(3)4)18(2)15-21/h6-16H,5,17H2,1-4H3,(H,30,31). The molecule has 5 nitrogen and oxygen atoms in total. The molecule has 5 heteroatoms. The summed E-state index contributed by atoms with van der Waals surface area (Å²) in [5.74, 6) is -1.10. The number of carboxylic acid groups (broad SMARTS) is 1. The van der Waals surface area contributed by atoms with E-state index in [0.717, 1.165) is 34.5 Å². The molecule has 0 spiro atoms. The lowest BCUT2D eigenvalue weighted by Crippen LogP contribution is -2.31. The molecule has 0 aromatic heterocycles. The van der Waals surface area contributed by atoms with Crippen LogP contribution in [0.4, 0.5) is 11.4 Å². The average Bonchev–Trinajstić information content (AvgIpc) is 2.76. The minimum absolute atomic E-state index is 0.116. The Morgan fingerprint density at radius 3 is 2.26 bits per heavy atom. The van der Waals surface area contributed by atoms with Gasteiger partial charge in [-0.15, -0.1) is 0 Å². The summed E-state index contributed by atoms with van der Waals surface area (Å²) in [6.45, 7) is 4.33. The van der Waals surface area contributed by atoms with Crippen LogP contribution in [0.3, 0.4) is 0 Å². The zero-order valence-electron chi connectivity index (χ0n) is 18.4. The lowest BCUT2D eigenvalue weighted by Gasteiger charge is -2.26. The molecular formula is C26H28N2O3. The number of anilines is 2. The first-order chi connectivity index (χ1) is 14.8. The van der Waals surface area contributed by atoms with Gasteiger partial charge in [-0.3, -0.25) is 4.79 Å². The zero-order valence-corrected chi connectivity index (χ0v) is 18.4. The molecule has 0 saturated heterocycles. The van der Waals surface area contributed by atoms with E-state index in [9.17, 15) is 14.7 Å². The third-order valence-corrected chi connectivity index (χ3v) is 5.35. The van der Waals surface area contributed by atoms with Gasteiger partial charge in [0, 0.05) is 31.0 Å². The van der Waals surface area contributed by atoms with Crippen molar-refractivity contribution in [3.8, 4) is 0 Å². The number of hydrogen-bond donors (Lipinski definition) is 1. The molecule has 0 aliphatic carbocycles. The second kappa shape index (κ2) is 9.47. The number of carbonyl (C=O) groups excluding carboxylic acids is 1. The van der Waals surface area contributed by atoms with Crippen molar-refractivity contribution in [1.29, 1.82) is 0 Å². The smallest absolute Gasteiger partial charge is 0.335 e. The van der Waals surface area contributed by atoms with Gasteiger partial charge in [-0.25, -0.2) is 4.79 Å². The first-order valence-corrected chi connectivity index (χ1v) is 10.3. The Bertz CT molecular complexity index is 1110. The van der Waals surface area contributed by atoms with Gasteiger partial charge < -0.3 is 14.9 Å². The Morgan fingerprint density at radius 1 is 0.871 bits per heavy atom. The highest BCUT2D eigenvalue weighted by Gasteiger charge is 2.21. The summed E-state index contributed by atoms with van der Waals surface area (Å²) < 4.78 is 0. The maximum atomic E-state index is 13.7. The predicted octanol–water partition coefficient (Wildman–Crippen LogP) is 5.17. The first kappa shape index (κ1) is 22.1. The summed E-state index contributed by atoms with van der Waals surface area (Å²) in [5, 5.41) is 9.35. The summed E-state index contributed by atoms with van der Waals surface area (Å²) in [6.07, 6.45) is 0.785. The van der Waals surface area contributed by atoms with Gasteiger partial charge in [0.15, 0.2) is 0 Å². The van der Waals surface area contributed by atoms with Crippen LogP contribution in [0, 0.1) is 6.92 Å². The molecule has 3 aromatic rings. The van der Waals surface area contributed by atoms with Crippen molar-refractivity contribution in [3.63, 3.8) is 0 Å². The monoisotopic (exact) mass is 416 g/mol. The molecule has 0 radical (unpaired) electrons. The van der Waals surface area contributed by atoms with Gasteiger partial charge in [0.2, 0.25) is 0 Å². The van der Waals surface area contributed by atoms with Crippen LogP contribution in [0.1, 0.15) is 44.3 Å². The Kier molecular flexibility index (Phi) is 6.75. The van der Waals surface area contributed by atoms with Crippen molar-refractivity contribution in [3.05, 3.63) is 94.5 Å². The van der Waals surface area contributed by atoms with E-state index in [4.69, 9.17) is 0 Å². The minimum Gasteiger partial charge on any atom is -0.478 e. The number of rotatable bonds is 7. The summed E-state index contributed by atoms with van der Waals surface area (Å²) in [4.78, 5) is 28.8. The zero-order chi connectivity index (χ0) is 22.5. The molecule has 0 aliphatic rings. The Morgan fingerprint density at radius 2 is 1.61 bits per heavy atom. The van der Waals surface area contributed by atoms with Crippen LogP contribution in [0.15, 0.2) is 66.7 Å². The van der Waals surface area contributed by atoms with Gasteiger partial charge >= 0.3 is 5.97 Å². The number of carbonyl (C=O) groups is 2. The molecule has 0 unspecified atom stereocenters. The summed E-state index contributed by atoms with van der Waals surface area (Å²) >= 11 is 0. The van der Waals surface area contributed by atoms with E-state index in [1.807, 2.05) is 74.4 Å². The third kappa shape index (κ3) is 4.94. The quantitative estimate of drug-likeness (QED) is 0.577. The largest absolute Gasteiger partial charge is 0.478 e. The van der Waals surface area contributed by atoms with Gasteiger partial charge in [-0.1, -0.05) is 37.3 Å². The molecule has 0 bridgehead atoms. The molecule has 0 heterocycles.